The molecule has 2 bridgehead atoms. The van der Waals surface area contributed by atoms with E-state index in [1.807, 2.05) is 12.1 Å². The highest BCUT2D eigenvalue weighted by atomic mass is 16.5. The number of benzene rings is 1. The maximum Gasteiger partial charge on any atom is 0.309 e. The van der Waals surface area contributed by atoms with Crippen molar-refractivity contribution in [3.63, 3.8) is 0 Å². The summed E-state index contributed by atoms with van der Waals surface area (Å²) >= 11 is 0. The molecule has 2 aliphatic rings. The summed E-state index contributed by atoms with van der Waals surface area (Å²) in [5.74, 6) is 2.82. The highest BCUT2D eigenvalue weighted by molar-refractivity contribution is 5.69. The zero-order valence-electron chi connectivity index (χ0n) is 12.3. The third kappa shape index (κ3) is 3.69. The summed E-state index contributed by atoms with van der Waals surface area (Å²) in [4.78, 5) is 11.7. The molecule has 4 heteroatoms. The van der Waals surface area contributed by atoms with E-state index in [0.29, 0.717) is 30.6 Å². The van der Waals surface area contributed by atoms with Crippen LogP contribution in [0, 0.1) is 17.8 Å². The summed E-state index contributed by atoms with van der Waals surface area (Å²) in [7, 11) is 0. The number of carbonyl (C=O) groups excluding carboxylic acids is 1. The molecule has 3 rings (SSSR count). The first kappa shape index (κ1) is 14.2. The summed E-state index contributed by atoms with van der Waals surface area (Å²) in [6.07, 6.45) is 5.59. The summed E-state index contributed by atoms with van der Waals surface area (Å²) in [5, 5.41) is 0. The monoisotopic (exact) mass is 289 g/mol. The molecule has 2 aliphatic carbocycles. The zero-order valence-corrected chi connectivity index (χ0v) is 12.3. The first-order valence-electron chi connectivity index (χ1n) is 7.84. The van der Waals surface area contributed by atoms with Crippen LogP contribution >= 0.6 is 0 Å². The van der Waals surface area contributed by atoms with Gasteiger partial charge in [0.1, 0.15) is 5.75 Å². The minimum atomic E-state index is -0.165. The molecular weight excluding hydrogens is 266 g/mol. The van der Waals surface area contributed by atoms with E-state index in [-0.39, 0.29) is 12.4 Å². The van der Waals surface area contributed by atoms with Crippen molar-refractivity contribution in [3.05, 3.63) is 24.3 Å². The van der Waals surface area contributed by atoms with E-state index < -0.39 is 0 Å². The molecule has 4 nitrogen and oxygen atoms in total. The second-order valence-electron chi connectivity index (χ2n) is 6.29. The van der Waals surface area contributed by atoms with E-state index in [9.17, 15) is 4.79 Å². The number of anilines is 1. The first-order valence-corrected chi connectivity index (χ1v) is 7.84. The molecular formula is C17H23NO3. The number of ether oxygens (including phenoxy) is 2. The van der Waals surface area contributed by atoms with Gasteiger partial charge in [-0.2, -0.15) is 0 Å². The van der Waals surface area contributed by atoms with Gasteiger partial charge >= 0.3 is 5.97 Å². The van der Waals surface area contributed by atoms with Crippen LogP contribution in [0.4, 0.5) is 5.69 Å². The smallest absolute Gasteiger partial charge is 0.309 e. The lowest BCUT2D eigenvalue weighted by Gasteiger charge is -2.21. The van der Waals surface area contributed by atoms with Crippen molar-refractivity contribution in [1.29, 1.82) is 0 Å². The third-order valence-electron chi connectivity index (χ3n) is 4.78. The van der Waals surface area contributed by atoms with Crippen LogP contribution in [-0.2, 0) is 9.53 Å². The fourth-order valence-electron chi connectivity index (χ4n) is 3.71. The van der Waals surface area contributed by atoms with Gasteiger partial charge in [0.15, 0.2) is 0 Å². The molecule has 1 aromatic carbocycles. The molecule has 0 spiro atoms. The van der Waals surface area contributed by atoms with Crippen molar-refractivity contribution in [1.82, 2.24) is 0 Å². The standard InChI is InChI=1S/C17H23NO3/c18-15-2-1-3-16(10-15)20-7-6-17(19)21-11-14-9-12-4-5-13(14)8-12/h1-3,10,12-14H,4-9,11,18H2. The van der Waals surface area contributed by atoms with E-state index in [1.54, 1.807) is 12.1 Å². The maximum absolute atomic E-state index is 11.7. The minimum Gasteiger partial charge on any atom is -0.493 e. The van der Waals surface area contributed by atoms with Gasteiger partial charge in [-0.3, -0.25) is 4.79 Å². The normalized spacial score (nSPS) is 26.8. The average Bonchev–Trinajstić information content (AvgIpc) is 3.08. The number of nitrogens with two attached hydrogens (primary N) is 1. The predicted molar refractivity (Wildman–Crippen MR) is 80.9 cm³/mol. The highest BCUT2D eigenvalue weighted by Gasteiger charge is 2.39. The van der Waals surface area contributed by atoms with Crippen LogP contribution in [0.15, 0.2) is 24.3 Å². The summed E-state index contributed by atoms with van der Waals surface area (Å²) < 4.78 is 10.9. The molecule has 2 fully saturated rings. The van der Waals surface area contributed by atoms with E-state index >= 15 is 0 Å². The molecule has 0 radical (unpaired) electrons. The number of hydrogen-bond acceptors (Lipinski definition) is 4. The molecule has 0 heterocycles. The Kier molecular flexibility index (Phi) is 4.32. The van der Waals surface area contributed by atoms with Crippen LogP contribution in [0.1, 0.15) is 32.1 Å². The lowest BCUT2D eigenvalue weighted by Crippen LogP contribution is -2.20. The number of hydrogen-bond donors (Lipinski definition) is 1. The molecule has 3 unspecified atom stereocenters. The number of fused-ring (bicyclic) bond motifs is 2. The fraction of sp³-hybridized carbons (Fsp3) is 0.588. The van der Waals surface area contributed by atoms with Crippen LogP contribution in [0.2, 0.25) is 0 Å². The topological polar surface area (TPSA) is 61.5 Å². The number of carbonyl (C=O) groups is 1. The van der Waals surface area contributed by atoms with E-state index in [0.717, 1.165) is 11.8 Å². The molecule has 2 saturated carbocycles. The van der Waals surface area contributed by atoms with Crippen molar-refractivity contribution in [2.24, 2.45) is 17.8 Å². The van der Waals surface area contributed by atoms with Gasteiger partial charge in [-0.25, -0.2) is 0 Å². The Morgan fingerprint density at radius 2 is 2.19 bits per heavy atom. The zero-order chi connectivity index (χ0) is 14.7. The van der Waals surface area contributed by atoms with Gasteiger partial charge in [-0.05, 0) is 49.1 Å². The van der Waals surface area contributed by atoms with Crippen LogP contribution in [0.3, 0.4) is 0 Å². The van der Waals surface area contributed by atoms with Crippen molar-refractivity contribution >= 4 is 11.7 Å². The van der Waals surface area contributed by atoms with E-state index in [2.05, 4.69) is 0 Å². The number of esters is 1. The fourth-order valence-corrected chi connectivity index (χ4v) is 3.71. The van der Waals surface area contributed by atoms with Gasteiger partial charge in [-0.1, -0.05) is 12.5 Å². The highest BCUT2D eigenvalue weighted by Crippen LogP contribution is 2.48. The Hall–Kier alpha value is -1.71. The summed E-state index contributed by atoms with van der Waals surface area (Å²) in [6.45, 7) is 0.928. The number of rotatable bonds is 6. The van der Waals surface area contributed by atoms with Gasteiger partial charge in [-0.15, -0.1) is 0 Å². The molecule has 114 valence electrons. The quantitative estimate of drug-likeness (QED) is 0.646. The molecule has 0 amide bonds. The Morgan fingerprint density at radius 3 is 2.90 bits per heavy atom. The van der Waals surface area contributed by atoms with Crippen molar-refractivity contribution < 1.29 is 14.3 Å². The SMILES string of the molecule is Nc1cccc(OCCC(=O)OCC2CC3CCC2C3)c1. The summed E-state index contributed by atoms with van der Waals surface area (Å²) in [5.41, 5.74) is 6.32. The van der Waals surface area contributed by atoms with Gasteiger partial charge in [0.25, 0.3) is 0 Å². The van der Waals surface area contributed by atoms with Gasteiger partial charge in [0.05, 0.1) is 19.6 Å². The molecule has 0 aliphatic heterocycles. The molecule has 0 aromatic heterocycles. The lowest BCUT2D eigenvalue weighted by molar-refractivity contribution is -0.146. The predicted octanol–water partition coefficient (Wildman–Crippen LogP) is 3.02. The largest absolute Gasteiger partial charge is 0.493 e. The Labute approximate surface area is 125 Å². The van der Waals surface area contributed by atoms with Crippen LogP contribution in [0.5, 0.6) is 5.75 Å². The molecule has 0 saturated heterocycles. The Morgan fingerprint density at radius 1 is 1.29 bits per heavy atom. The lowest BCUT2D eigenvalue weighted by atomic mass is 9.90. The molecule has 1 aromatic rings. The van der Waals surface area contributed by atoms with Crippen LogP contribution in [-0.4, -0.2) is 19.2 Å². The van der Waals surface area contributed by atoms with Gasteiger partial charge in [0, 0.05) is 11.8 Å². The Bertz CT molecular complexity index is 503. The minimum absolute atomic E-state index is 0.165. The second kappa shape index (κ2) is 6.37. The van der Waals surface area contributed by atoms with Crippen LogP contribution < -0.4 is 10.5 Å². The molecule has 21 heavy (non-hydrogen) atoms. The molecule has 2 N–H and O–H groups in total. The first-order chi connectivity index (χ1) is 10.2. The van der Waals surface area contributed by atoms with Crippen molar-refractivity contribution in [3.8, 4) is 5.75 Å². The van der Waals surface area contributed by atoms with Crippen molar-refractivity contribution in [2.45, 2.75) is 32.1 Å². The van der Waals surface area contributed by atoms with E-state index in [4.69, 9.17) is 15.2 Å². The third-order valence-corrected chi connectivity index (χ3v) is 4.78. The maximum atomic E-state index is 11.7. The molecule has 3 atom stereocenters. The van der Waals surface area contributed by atoms with E-state index in [1.165, 1.54) is 25.7 Å². The van der Waals surface area contributed by atoms with Gasteiger partial charge in [0.2, 0.25) is 0 Å². The van der Waals surface area contributed by atoms with Crippen molar-refractivity contribution in [2.75, 3.05) is 18.9 Å². The average molecular weight is 289 g/mol. The second-order valence-corrected chi connectivity index (χ2v) is 6.29. The van der Waals surface area contributed by atoms with Gasteiger partial charge < -0.3 is 15.2 Å². The van der Waals surface area contributed by atoms with Crippen LogP contribution in [0.25, 0.3) is 0 Å². The summed E-state index contributed by atoms with van der Waals surface area (Å²) in [6, 6.07) is 7.21. The number of nitrogen functional groups attached to an aromatic ring is 1. The Balaban J connectivity index is 1.33.